The first-order valence-electron chi connectivity index (χ1n) is 10.4. The summed E-state index contributed by atoms with van der Waals surface area (Å²) in [6.45, 7) is 0. The molecule has 1 amide bonds. The maximum Gasteiger partial charge on any atom is 0.337 e. The van der Waals surface area contributed by atoms with Crippen molar-refractivity contribution >= 4 is 40.9 Å². The van der Waals surface area contributed by atoms with Gasteiger partial charge in [-0.2, -0.15) is 0 Å². The molecule has 3 aromatic rings. The number of carbonyl (C=O) groups excluding carboxylic acids is 2. The Morgan fingerprint density at radius 2 is 1.56 bits per heavy atom. The van der Waals surface area contributed by atoms with Gasteiger partial charge in [-0.3, -0.25) is 9.69 Å². The van der Waals surface area contributed by atoms with Crippen molar-refractivity contribution in [3.8, 4) is 11.5 Å². The zero-order valence-electron chi connectivity index (χ0n) is 18.9. The topological polar surface area (TPSA) is 65.1 Å². The standard InChI is InChI=1S/C27H22ClNO5/c1-32-24-13-4-17(15-25(24)33-2)14-20-16-23(18-5-9-21(28)10-6-18)29(26(20)30)22-11-7-19(8-12-22)27(31)34-3/h4-16H,1-3H3/b20-14+. The molecular formula is C27H22ClNO5. The zero-order valence-corrected chi connectivity index (χ0v) is 19.6. The maximum absolute atomic E-state index is 13.5. The van der Waals surface area contributed by atoms with Crippen LogP contribution in [-0.2, 0) is 9.53 Å². The van der Waals surface area contributed by atoms with Crippen LogP contribution in [0.25, 0.3) is 11.8 Å². The van der Waals surface area contributed by atoms with E-state index in [1.54, 1.807) is 67.7 Å². The fourth-order valence-corrected chi connectivity index (χ4v) is 3.82. The van der Waals surface area contributed by atoms with Crippen molar-refractivity contribution in [2.24, 2.45) is 0 Å². The summed E-state index contributed by atoms with van der Waals surface area (Å²) in [5.74, 6) is 0.527. The number of hydrogen-bond donors (Lipinski definition) is 0. The molecule has 7 heteroatoms. The van der Waals surface area contributed by atoms with E-state index in [-0.39, 0.29) is 5.91 Å². The number of hydrogen-bond acceptors (Lipinski definition) is 5. The molecule has 0 atom stereocenters. The molecule has 4 rings (SSSR count). The minimum Gasteiger partial charge on any atom is -0.493 e. The molecule has 34 heavy (non-hydrogen) atoms. The molecule has 0 fully saturated rings. The molecule has 0 bridgehead atoms. The molecule has 172 valence electrons. The van der Waals surface area contributed by atoms with Crippen molar-refractivity contribution < 1.29 is 23.8 Å². The van der Waals surface area contributed by atoms with E-state index >= 15 is 0 Å². The molecular weight excluding hydrogens is 454 g/mol. The lowest BCUT2D eigenvalue weighted by Crippen LogP contribution is -2.25. The van der Waals surface area contributed by atoms with Crippen molar-refractivity contribution in [3.63, 3.8) is 0 Å². The van der Waals surface area contributed by atoms with Gasteiger partial charge in [-0.05, 0) is 71.8 Å². The molecule has 0 aromatic heterocycles. The average Bonchev–Trinajstić information content (AvgIpc) is 3.19. The van der Waals surface area contributed by atoms with E-state index in [0.717, 1.165) is 11.1 Å². The van der Waals surface area contributed by atoms with Crippen molar-refractivity contribution in [1.82, 2.24) is 0 Å². The van der Waals surface area contributed by atoms with Gasteiger partial charge < -0.3 is 14.2 Å². The molecule has 0 spiro atoms. The number of nitrogens with zero attached hydrogens (tertiary/aromatic N) is 1. The van der Waals surface area contributed by atoms with E-state index in [2.05, 4.69) is 0 Å². The second-order valence-electron chi connectivity index (χ2n) is 7.43. The fraction of sp³-hybridized carbons (Fsp3) is 0.111. The van der Waals surface area contributed by atoms with Gasteiger partial charge in [0, 0.05) is 16.3 Å². The molecule has 0 N–H and O–H groups in total. The lowest BCUT2D eigenvalue weighted by atomic mass is 10.1. The molecule has 6 nitrogen and oxygen atoms in total. The lowest BCUT2D eigenvalue weighted by Gasteiger charge is -2.21. The second kappa shape index (κ2) is 9.85. The Morgan fingerprint density at radius 3 is 2.18 bits per heavy atom. The Bertz CT molecular complexity index is 1290. The van der Waals surface area contributed by atoms with Crippen LogP contribution in [0.1, 0.15) is 21.5 Å². The van der Waals surface area contributed by atoms with Gasteiger partial charge in [0.2, 0.25) is 0 Å². The number of methoxy groups -OCH3 is 3. The lowest BCUT2D eigenvalue weighted by molar-refractivity contribution is -0.113. The van der Waals surface area contributed by atoms with E-state index in [0.29, 0.717) is 39.0 Å². The first-order chi connectivity index (χ1) is 16.4. The van der Waals surface area contributed by atoms with E-state index in [9.17, 15) is 9.59 Å². The Hall–Kier alpha value is -4.03. The van der Waals surface area contributed by atoms with Gasteiger partial charge in [0.25, 0.3) is 5.91 Å². The van der Waals surface area contributed by atoms with Crippen LogP contribution >= 0.6 is 11.6 Å². The number of rotatable bonds is 6. The van der Waals surface area contributed by atoms with Crippen LogP contribution < -0.4 is 14.4 Å². The van der Waals surface area contributed by atoms with Crippen molar-refractivity contribution in [1.29, 1.82) is 0 Å². The summed E-state index contributed by atoms with van der Waals surface area (Å²) in [5, 5.41) is 0.601. The first-order valence-corrected chi connectivity index (χ1v) is 10.8. The molecule has 0 radical (unpaired) electrons. The van der Waals surface area contributed by atoms with E-state index < -0.39 is 5.97 Å². The Labute approximate surface area is 202 Å². The molecule has 3 aromatic carbocycles. The minimum atomic E-state index is -0.443. The summed E-state index contributed by atoms with van der Waals surface area (Å²) in [6.07, 6.45) is 3.62. The predicted octanol–water partition coefficient (Wildman–Crippen LogP) is 5.62. The minimum absolute atomic E-state index is 0.203. The molecule has 1 heterocycles. The van der Waals surface area contributed by atoms with Gasteiger partial charge in [-0.15, -0.1) is 0 Å². The smallest absolute Gasteiger partial charge is 0.337 e. The highest BCUT2D eigenvalue weighted by atomic mass is 35.5. The molecule has 0 saturated carbocycles. The first kappa shape index (κ1) is 23.1. The number of amides is 1. The molecule has 0 unspecified atom stereocenters. The van der Waals surface area contributed by atoms with Crippen LogP contribution in [0.15, 0.2) is 78.4 Å². The van der Waals surface area contributed by atoms with Gasteiger partial charge in [-0.25, -0.2) is 4.79 Å². The summed E-state index contributed by atoms with van der Waals surface area (Å²) in [5.41, 5.74) is 3.82. The number of halogens is 1. The van der Waals surface area contributed by atoms with Crippen molar-refractivity contribution in [3.05, 3.63) is 100 Å². The Balaban J connectivity index is 1.78. The molecule has 1 aliphatic rings. The zero-order chi connectivity index (χ0) is 24.2. The van der Waals surface area contributed by atoms with Crippen LogP contribution in [0, 0.1) is 0 Å². The average molecular weight is 476 g/mol. The second-order valence-corrected chi connectivity index (χ2v) is 7.87. The fourth-order valence-electron chi connectivity index (χ4n) is 3.69. The quantitative estimate of drug-likeness (QED) is 0.342. The van der Waals surface area contributed by atoms with Crippen molar-refractivity contribution in [2.75, 3.05) is 26.2 Å². The van der Waals surface area contributed by atoms with Crippen LogP contribution in [0.4, 0.5) is 5.69 Å². The van der Waals surface area contributed by atoms with Crippen LogP contribution in [0.2, 0.25) is 5.02 Å². The van der Waals surface area contributed by atoms with Gasteiger partial charge in [0.15, 0.2) is 11.5 Å². The monoisotopic (exact) mass is 475 g/mol. The number of ether oxygens (including phenoxy) is 3. The highest BCUT2D eigenvalue weighted by Gasteiger charge is 2.30. The SMILES string of the molecule is COC(=O)c1ccc(N2C(=O)/C(=C/c3ccc(OC)c(OC)c3)C=C2c2ccc(Cl)cc2)cc1. The van der Waals surface area contributed by atoms with Crippen LogP contribution in [0.3, 0.4) is 0 Å². The summed E-state index contributed by atoms with van der Waals surface area (Å²) < 4.78 is 15.5. The number of benzene rings is 3. The number of esters is 1. The van der Waals surface area contributed by atoms with E-state index in [1.807, 2.05) is 30.3 Å². The summed E-state index contributed by atoms with van der Waals surface area (Å²) in [4.78, 5) is 27.0. The summed E-state index contributed by atoms with van der Waals surface area (Å²) in [6, 6.07) is 19.4. The third-order valence-corrected chi connectivity index (χ3v) is 5.65. The van der Waals surface area contributed by atoms with Crippen LogP contribution in [-0.4, -0.2) is 33.2 Å². The third kappa shape index (κ3) is 4.54. The van der Waals surface area contributed by atoms with E-state index in [1.165, 1.54) is 7.11 Å². The third-order valence-electron chi connectivity index (χ3n) is 5.40. The summed E-state index contributed by atoms with van der Waals surface area (Å²) >= 11 is 6.07. The number of carbonyl (C=O) groups is 2. The maximum atomic E-state index is 13.5. The normalized spacial score (nSPS) is 14.2. The highest BCUT2D eigenvalue weighted by Crippen LogP contribution is 2.36. The van der Waals surface area contributed by atoms with Gasteiger partial charge in [0.05, 0.1) is 32.6 Å². The van der Waals surface area contributed by atoms with Crippen molar-refractivity contribution in [2.45, 2.75) is 0 Å². The van der Waals surface area contributed by atoms with Gasteiger partial charge in [0.1, 0.15) is 0 Å². The molecule has 0 saturated heterocycles. The van der Waals surface area contributed by atoms with E-state index in [4.69, 9.17) is 25.8 Å². The molecule has 0 aliphatic carbocycles. The largest absolute Gasteiger partial charge is 0.493 e. The van der Waals surface area contributed by atoms with Crippen LogP contribution in [0.5, 0.6) is 11.5 Å². The van der Waals surface area contributed by atoms with Gasteiger partial charge in [-0.1, -0.05) is 29.8 Å². The Morgan fingerprint density at radius 1 is 0.882 bits per heavy atom. The number of anilines is 1. The predicted molar refractivity (Wildman–Crippen MR) is 132 cm³/mol. The Kier molecular flexibility index (Phi) is 6.70. The van der Waals surface area contributed by atoms with Gasteiger partial charge >= 0.3 is 5.97 Å². The summed E-state index contributed by atoms with van der Waals surface area (Å²) in [7, 11) is 4.46. The molecule has 1 aliphatic heterocycles. The highest BCUT2D eigenvalue weighted by molar-refractivity contribution is 6.30.